The highest BCUT2D eigenvalue weighted by Gasteiger charge is 2.17. The molecule has 1 heterocycles. The predicted octanol–water partition coefficient (Wildman–Crippen LogP) is 1.96. The van der Waals surface area contributed by atoms with Crippen LogP contribution in [-0.2, 0) is 0 Å². The number of hydrogen-bond donors (Lipinski definition) is 2. The molecule has 0 amide bonds. The lowest BCUT2D eigenvalue weighted by Crippen LogP contribution is -2.05. The van der Waals surface area contributed by atoms with Crippen molar-refractivity contribution in [2.24, 2.45) is 0 Å². The van der Waals surface area contributed by atoms with E-state index in [1.54, 1.807) is 0 Å². The summed E-state index contributed by atoms with van der Waals surface area (Å²) in [6, 6.07) is 11.3. The van der Waals surface area contributed by atoms with Crippen LogP contribution in [0.4, 0.5) is 11.5 Å². The first-order valence-electron chi connectivity index (χ1n) is 5.54. The van der Waals surface area contributed by atoms with E-state index in [9.17, 15) is 5.26 Å². The van der Waals surface area contributed by atoms with Crippen LogP contribution in [0.3, 0.4) is 0 Å². The number of rotatable bonds is 1. The van der Waals surface area contributed by atoms with Crippen molar-refractivity contribution < 1.29 is 0 Å². The highest BCUT2D eigenvalue weighted by molar-refractivity contribution is 5.81. The molecule has 4 N–H and O–H groups in total. The molecule has 0 saturated carbocycles. The lowest BCUT2D eigenvalue weighted by atomic mass is 10.0. The maximum atomic E-state index is 9.21. The zero-order chi connectivity index (χ0) is 14.0. The Labute approximate surface area is 110 Å². The molecule has 1 aromatic heterocycles. The number of hydrogen-bond acceptors (Lipinski definition) is 5. The minimum absolute atomic E-state index is 0.0366. The minimum Gasteiger partial charge on any atom is -0.396 e. The van der Waals surface area contributed by atoms with Gasteiger partial charge >= 0.3 is 0 Å². The van der Waals surface area contributed by atoms with Crippen LogP contribution in [0.25, 0.3) is 11.3 Å². The first-order valence-corrected chi connectivity index (χ1v) is 5.54. The van der Waals surface area contributed by atoms with E-state index in [1.165, 1.54) is 0 Å². The number of anilines is 2. The Hall–Kier alpha value is -3.05. The number of aryl methyl sites for hydroxylation is 1. The van der Waals surface area contributed by atoms with Crippen LogP contribution in [-0.4, -0.2) is 4.98 Å². The second kappa shape index (κ2) is 4.67. The van der Waals surface area contributed by atoms with Gasteiger partial charge < -0.3 is 11.5 Å². The normalized spacial score (nSPS) is 9.63. The zero-order valence-electron chi connectivity index (χ0n) is 10.3. The summed E-state index contributed by atoms with van der Waals surface area (Å²) < 4.78 is 0. The number of benzene rings is 1. The van der Waals surface area contributed by atoms with Crippen molar-refractivity contribution in [2.75, 3.05) is 11.5 Å². The second-order valence-electron chi connectivity index (χ2n) is 4.10. The van der Waals surface area contributed by atoms with E-state index in [2.05, 4.69) is 4.98 Å². The highest BCUT2D eigenvalue weighted by atomic mass is 14.9. The Morgan fingerprint density at radius 3 is 2.11 bits per heavy atom. The van der Waals surface area contributed by atoms with Crippen LogP contribution in [0.15, 0.2) is 24.3 Å². The summed E-state index contributed by atoms with van der Waals surface area (Å²) in [7, 11) is 0. The van der Waals surface area contributed by atoms with Crippen LogP contribution in [0.2, 0.25) is 0 Å². The first-order chi connectivity index (χ1) is 9.08. The van der Waals surface area contributed by atoms with Gasteiger partial charge in [0.2, 0.25) is 0 Å². The summed E-state index contributed by atoms with van der Waals surface area (Å²) in [6.45, 7) is 1.96. The molecule has 2 aromatic rings. The van der Waals surface area contributed by atoms with E-state index in [0.717, 1.165) is 11.1 Å². The third-order valence-corrected chi connectivity index (χ3v) is 2.81. The standard InChI is InChI=1S/C14H11N5/c1-8-2-4-9(5-3-8)13-10(6-15)12(17)11(7-16)14(18)19-13/h2-5H,1H3,(H4,17,18,19). The van der Waals surface area contributed by atoms with Gasteiger partial charge in [-0.05, 0) is 6.92 Å². The molecule has 0 atom stereocenters. The summed E-state index contributed by atoms with van der Waals surface area (Å²) in [5, 5.41) is 18.2. The molecule has 0 aliphatic carbocycles. The number of nitrogens with two attached hydrogens (primary N) is 2. The molecule has 0 spiro atoms. The summed E-state index contributed by atoms with van der Waals surface area (Å²) in [5.74, 6) is 0.0366. The Kier molecular flexibility index (Phi) is 3.05. The third-order valence-electron chi connectivity index (χ3n) is 2.81. The monoisotopic (exact) mass is 249 g/mol. The molecule has 5 nitrogen and oxygen atoms in total. The van der Waals surface area contributed by atoms with Crippen molar-refractivity contribution in [3.8, 4) is 23.4 Å². The summed E-state index contributed by atoms with van der Waals surface area (Å²) in [6.07, 6.45) is 0. The number of aromatic nitrogens is 1. The smallest absolute Gasteiger partial charge is 0.144 e. The van der Waals surface area contributed by atoms with Crippen molar-refractivity contribution in [3.05, 3.63) is 41.0 Å². The van der Waals surface area contributed by atoms with Crippen LogP contribution in [0.5, 0.6) is 0 Å². The first kappa shape index (κ1) is 12.4. The SMILES string of the molecule is Cc1ccc(-c2nc(N)c(C#N)c(N)c2C#N)cc1. The van der Waals surface area contributed by atoms with Crippen LogP contribution < -0.4 is 11.5 Å². The minimum atomic E-state index is 0.0366. The molecule has 0 saturated heterocycles. The fourth-order valence-corrected chi connectivity index (χ4v) is 1.77. The maximum absolute atomic E-state index is 9.21. The van der Waals surface area contributed by atoms with E-state index in [1.807, 2.05) is 43.3 Å². The Balaban J connectivity index is 2.75. The number of nitrogens with zero attached hydrogens (tertiary/aromatic N) is 3. The van der Waals surface area contributed by atoms with Crippen LogP contribution >= 0.6 is 0 Å². The average molecular weight is 249 g/mol. The molecular weight excluding hydrogens is 238 g/mol. The van der Waals surface area contributed by atoms with E-state index in [0.29, 0.717) is 5.69 Å². The van der Waals surface area contributed by atoms with E-state index < -0.39 is 0 Å². The van der Waals surface area contributed by atoms with Crippen LogP contribution in [0, 0.1) is 29.6 Å². The largest absolute Gasteiger partial charge is 0.396 e. The molecular formula is C14H11N5. The molecule has 19 heavy (non-hydrogen) atoms. The number of pyridine rings is 1. The van der Waals surface area contributed by atoms with Crippen molar-refractivity contribution in [3.63, 3.8) is 0 Å². The van der Waals surface area contributed by atoms with Gasteiger partial charge in [-0.2, -0.15) is 10.5 Å². The van der Waals surface area contributed by atoms with E-state index >= 15 is 0 Å². The van der Waals surface area contributed by atoms with Crippen molar-refractivity contribution >= 4 is 11.5 Å². The van der Waals surface area contributed by atoms with Gasteiger partial charge in [0.05, 0.1) is 11.4 Å². The van der Waals surface area contributed by atoms with Gasteiger partial charge in [-0.15, -0.1) is 0 Å². The third kappa shape index (κ3) is 2.05. The molecule has 0 radical (unpaired) electrons. The molecule has 0 unspecified atom stereocenters. The Morgan fingerprint density at radius 1 is 1.00 bits per heavy atom. The van der Waals surface area contributed by atoms with Crippen molar-refractivity contribution in [1.29, 1.82) is 10.5 Å². The fraction of sp³-hybridized carbons (Fsp3) is 0.0714. The molecule has 0 aliphatic rings. The molecule has 0 fully saturated rings. The molecule has 0 bridgehead atoms. The zero-order valence-corrected chi connectivity index (χ0v) is 10.3. The van der Waals surface area contributed by atoms with Crippen molar-refractivity contribution in [1.82, 2.24) is 4.98 Å². The second-order valence-corrected chi connectivity index (χ2v) is 4.10. The van der Waals surface area contributed by atoms with E-state index in [-0.39, 0.29) is 22.6 Å². The fourth-order valence-electron chi connectivity index (χ4n) is 1.77. The van der Waals surface area contributed by atoms with E-state index in [4.69, 9.17) is 16.7 Å². The van der Waals surface area contributed by atoms with Gasteiger partial charge in [0, 0.05) is 5.56 Å². The molecule has 2 rings (SSSR count). The lowest BCUT2D eigenvalue weighted by molar-refractivity contribution is 1.29. The molecule has 92 valence electrons. The quantitative estimate of drug-likeness (QED) is 0.802. The maximum Gasteiger partial charge on any atom is 0.144 e. The van der Waals surface area contributed by atoms with Gasteiger partial charge in [-0.3, -0.25) is 0 Å². The van der Waals surface area contributed by atoms with Gasteiger partial charge in [0.1, 0.15) is 29.1 Å². The van der Waals surface area contributed by atoms with Gasteiger partial charge in [-0.25, -0.2) is 4.98 Å². The van der Waals surface area contributed by atoms with Gasteiger partial charge in [0.25, 0.3) is 0 Å². The molecule has 5 heteroatoms. The average Bonchev–Trinajstić information content (AvgIpc) is 2.39. The Bertz CT molecular complexity index is 717. The number of nitriles is 2. The number of nitrogen functional groups attached to an aromatic ring is 2. The summed E-state index contributed by atoms with van der Waals surface area (Å²) in [4.78, 5) is 4.13. The Morgan fingerprint density at radius 2 is 1.58 bits per heavy atom. The molecule has 0 aliphatic heterocycles. The lowest BCUT2D eigenvalue weighted by Gasteiger charge is -2.09. The predicted molar refractivity (Wildman–Crippen MR) is 72.7 cm³/mol. The van der Waals surface area contributed by atoms with Crippen LogP contribution in [0.1, 0.15) is 16.7 Å². The summed E-state index contributed by atoms with van der Waals surface area (Å²) >= 11 is 0. The van der Waals surface area contributed by atoms with Gasteiger partial charge in [0.15, 0.2) is 0 Å². The summed E-state index contributed by atoms with van der Waals surface area (Å²) in [5.41, 5.74) is 14.0. The van der Waals surface area contributed by atoms with Gasteiger partial charge in [-0.1, -0.05) is 29.8 Å². The highest BCUT2D eigenvalue weighted by Crippen LogP contribution is 2.30. The topological polar surface area (TPSA) is 113 Å². The van der Waals surface area contributed by atoms with Crippen molar-refractivity contribution in [2.45, 2.75) is 6.92 Å². The molecule has 1 aromatic carbocycles.